The lowest BCUT2D eigenvalue weighted by Crippen LogP contribution is -2.45. The van der Waals surface area contributed by atoms with E-state index in [1.54, 1.807) is 0 Å². The number of rotatable bonds is 64. The Labute approximate surface area is 463 Å². The van der Waals surface area contributed by atoms with E-state index in [1.165, 1.54) is 315 Å². The van der Waals surface area contributed by atoms with Gasteiger partial charge in [0.25, 0.3) is 0 Å². The third-order valence-electron chi connectivity index (χ3n) is 16.1. The van der Waals surface area contributed by atoms with E-state index in [1.807, 2.05) is 0 Å². The van der Waals surface area contributed by atoms with Gasteiger partial charge in [0.2, 0.25) is 5.91 Å². The Morgan fingerprint density at radius 1 is 0.365 bits per heavy atom. The van der Waals surface area contributed by atoms with Crippen LogP contribution < -0.4 is 5.32 Å². The first-order valence-corrected chi connectivity index (χ1v) is 33.9. The Morgan fingerprint density at radius 2 is 0.635 bits per heavy atom. The summed E-state index contributed by atoms with van der Waals surface area (Å²) in [6.45, 7) is 4.98. The number of aliphatic hydroxyl groups excluding tert-OH is 2. The number of hydrogen-bond acceptors (Lipinski definition) is 5. The summed E-state index contributed by atoms with van der Waals surface area (Å²) in [5.41, 5.74) is 0. The number of allylic oxidation sites excluding steroid dienone is 2. The minimum atomic E-state index is -0.660. The van der Waals surface area contributed by atoms with Crippen molar-refractivity contribution in [2.24, 2.45) is 0 Å². The molecule has 1 amide bonds. The molecule has 0 aromatic heterocycles. The smallest absolute Gasteiger partial charge is 0.305 e. The van der Waals surface area contributed by atoms with Gasteiger partial charge in [-0.05, 0) is 51.4 Å². The number of esters is 1. The second-order valence-corrected chi connectivity index (χ2v) is 23.5. The van der Waals surface area contributed by atoms with E-state index in [9.17, 15) is 19.8 Å². The molecule has 0 aromatic carbocycles. The first-order chi connectivity index (χ1) is 36.5. The molecule has 0 saturated heterocycles. The molecule has 2 atom stereocenters. The van der Waals surface area contributed by atoms with Crippen molar-refractivity contribution in [3.63, 3.8) is 0 Å². The third-order valence-corrected chi connectivity index (χ3v) is 16.1. The molecular formula is C68H133NO5. The van der Waals surface area contributed by atoms with Gasteiger partial charge in [-0.2, -0.15) is 0 Å². The molecule has 0 aliphatic heterocycles. The van der Waals surface area contributed by atoms with Crippen LogP contribution in [0.2, 0.25) is 0 Å². The number of hydrogen-bond donors (Lipinski definition) is 3. The fraction of sp³-hybridized carbons (Fsp3) is 0.941. The Balaban J connectivity index is 3.33. The number of ether oxygens (including phenoxy) is 1. The summed E-state index contributed by atoms with van der Waals surface area (Å²) < 4.78 is 5.47. The molecule has 0 bridgehead atoms. The minimum absolute atomic E-state index is 0.0190. The maximum Gasteiger partial charge on any atom is 0.305 e. The number of unbranched alkanes of at least 4 members (excludes halogenated alkanes) is 51. The Morgan fingerprint density at radius 3 is 0.959 bits per heavy atom. The van der Waals surface area contributed by atoms with Crippen molar-refractivity contribution in [1.29, 1.82) is 0 Å². The van der Waals surface area contributed by atoms with E-state index in [4.69, 9.17) is 4.74 Å². The van der Waals surface area contributed by atoms with Gasteiger partial charge in [-0.3, -0.25) is 9.59 Å². The second-order valence-electron chi connectivity index (χ2n) is 23.5. The van der Waals surface area contributed by atoms with Crippen molar-refractivity contribution in [3.05, 3.63) is 12.2 Å². The van der Waals surface area contributed by atoms with Gasteiger partial charge in [-0.1, -0.05) is 334 Å². The highest BCUT2D eigenvalue weighted by molar-refractivity contribution is 5.76. The molecule has 0 rings (SSSR count). The van der Waals surface area contributed by atoms with Gasteiger partial charge in [0.05, 0.1) is 25.4 Å². The van der Waals surface area contributed by atoms with Crippen molar-refractivity contribution in [1.82, 2.24) is 5.32 Å². The molecule has 0 fully saturated rings. The molecule has 440 valence electrons. The van der Waals surface area contributed by atoms with Crippen molar-refractivity contribution < 1.29 is 24.5 Å². The number of carbonyl (C=O) groups is 2. The summed E-state index contributed by atoms with van der Waals surface area (Å²) in [6.07, 6.45) is 78.3. The Bertz CT molecular complexity index is 1110. The summed E-state index contributed by atoms with van der Waals surface area (Å²) in [7, 11) is 0. The van der Waals surface area contributed by atoms with E-state index >= 15 is 0 Å². The third kappa shape index (κ3) is 59.8. The van der Waals surface area contributed by atoms with Gasteiger partial charge in [0.1, 0.15) is 0 Å². The number of aliphatic hydroxyl groups is 2. The van der Waals surface area contributed by atoms with Gasteiger partial charge >= 0.3 is 5.97 Å². The SMILES string of the molecule is CCCCCCCCCCCCCCCC(O)C(CO)NC(=O)CCCCCCCCCCCCCCCCCCC/C=C\CCCCCCCCCCCCCCOC(=O)CCCCCCCCCCCCC. The van der Waals surface area contributed by atoms with Crippen LogP contribution in [-0.4, -0.2) is 47.4 Å². The molecule has 74 heavy (non-hydrogen) atoms. The fourth-order valence-corrected chi connectivity index (χ4v) is 10.9. The summed E-state index contributed by atoms with van der Waals surface area (Å²) >= 11 is 0. The predicted molar refractivity (Wildman–Crippen MR) is 324 cm³/mol. The Hall–Kier alpha value is -1.40. The molecule has 6 heteroatoms. The van der Waals surface area contributed by atoms with Crippen LogP contribution in [0.1, 0.15) is 386 Å². The molecule has 0 heterocycles. The Kier molecular flexibility index (Phi) is 62.9. The van der Waals surface area contributed by atoms with E-state index in [2.05, 4.69) is 31.3 Å². The highest BCUT2D eigenvalue weighted by Gasteiger charge is 2.20. The highest BCUT2D eigenvalue weighted by atomic mass is 16.5. The summed E-state index contributed by atoms with van der Waals surface area (Å²) in [4.78, 5) is 24.5. The van der Waals surface area contributed by atoms with E-state index < -0.39 is 12.1 Å². The second kappa shape index (κ2) is 64.1. The zero-order valence-corrected chi connectivity index (χ0v) is 50.4. The summed E-state index contributed by atoms with van der Waals surface area (Å²) in [5.74, 6) is -0.0106. The quantitative estimate of drug-likeness (QED) is 0.0320. The van der Waals surface area contributed by atoms with E-state index in [0.717, 1.165) is 38.5 Å². The molecule has 0 aliphatic rings. The van der Waals surface area contributed by atoms with Crippen LogP contribution in [0.4, 0.5) is 0 Å². The van der Waals surface area contributed by atoms with Gasteiger partial charge in [-0.15, -0.1) is 0 Å². The van der Waals surface area contributed by atoms with Crippen LogP contribution in [0, 0.1) is 0 Å². The molecule has 0 aliphatic carbocycles. The monoisotopic (exact) mass is 1040 g/mol. The molecule has 0 aromatic rings. The van der Waals surface area contributed by atoms with Crippen molar-refractivity contribution in [3.8, 4) is 0 Å². The number of amides is 1. The highest BCUT2D eigenvalue weighted by Crippen LogP contribution is 2.19. The molecule has 0 saturated carbocycles. The molecule has 2 unspecified atom stereocenters. The van der Waals surface area contributed by atoms with Crippen molar-refractivity contribution >= 4 is 11.9 Å². The van der Waals surface area contributed by atoms with Gasteiger partial charge < -0.3 is 20.3 Å². The zero-order chi connectivity index (χ0) is 53.6. The fourth-order valence-electron chi connectivity index (χ4n) is 10.9. The normalized spacial score (nSPS) is 12.5. The van der Waals surface area contributed by atoms with Gasteiger partial charge in [0.15, 0.2) is 0 Å². The van der Waals surface area contributed by atoms with Gasteiger partial charge in [-0.25, -0.2) is 0 Å². The largest absolute Gasteiger partial charge is 0.466 e. The lowest BCUT2D eigenvalue weighted by molar-refractivity contribution is -0.143. The molecule has 0 spiro atoms. The van der Waals surface area contributed by atoms with E-state index in [0.29, 0.717) is 25.9 Å². The maximum absolute atomic E-state index is 12.5. The molecule has 3 N–H and O–H groups in total. The van der Waals surface area contributed by atoms with Crippen LogP contribution in [0.3, 0.4) is 0 Å². The van der Waals surface area contributed by atoms with Crippen LogP contribution >= 0.6 is 0 Å². The first kappa shape index (κ1) is 72.6. The summed E-state index contributed by atoms with van der Waals surface area (Å²) in [5, 5.41) is 23.3. The van der Waals surface area contributed by atoms with Crippen molar-refractivity contribution in [2.75, 3.05) is 13.2 Å². The lowest BCUT2D eigenvalue weighted by Gasteiger charge is -2.22. The molecular weight excluding hydrogens is 911 g/mol. The average Bonchev–Trinajstić information content (AvgIpc) is 3.40. The van der Waals surface area contributed by atoms with Crippen LogP contribution in [0.5, 0.6) is 0 Å². The van der Waals surface area contributed by atoms with Crippen molar-refractivity contribution in [2.45, 2.75) is 398 Å². The minimum Gasteiger partial charge on any atom is -0.466 e. The summed E-state index contributed by atoms with van der Waals surface area (Å²) in [6, 6.07) is -0.537. The van der Waals surface area contributed by atoms with Gasteiger partial charge in [0, 0.05) is 12.8 Å². The molecule has 6 nitrogen and oxygen atoms in total. The van der Waals surface area contributed by atoms with Crippen LogP contribution in [0.25, 0.3) is 0 Å². The predicted octanol–water partition coefficient (Wildman–Crippen LogP) is 21.6. The number of carbonyl (C=O) groups excluding carboxylic acids is 2. The molecule has 0 radical (unpaired) electrons. The van der Waals surface area contributed by atoms with Crippen LogP contribution in [0.15, 0.2) is 12.2 Å². The van der Waals surface area contributed by atoms with E-state index in [-0.39, 0.29) is 18.5 Å². The first-order valence-electron chi connectivity index (χ1n) is 33.9. The zero-order valence-electron chi connectivity index (χ0n) is 50.4. The number of nitrogens with one attached hydrogen (secondary N) is 1. The maximum atomic E-state index is 12.5. The van der Waals surface area contributed by atoms with Crippen LogP contribution in [-0.2, 0) is 14.3 Å². The topological polar surface area (TPSA) is 95.9 Å². The lowest BCUT2D eigenvalue weighted by atomic mass is 10.0. The average molecular weight is 1040 g/mol. The standard InChI is InChI=1S/C68H133NO5/c1-3-5-7-9-11-13-15-37-41-44-48-52-56-60-66(71)65(64-70)69-67(72)61-57-53-49-45-42-38-35-33-31-29-27-25-23-21-19-17-16-18-20-22-24-26-28-30-32-34-36-39-43-47-51-55-59-63-74-68(73)62-58-54-50-46-40-14-12-10-8-6-4-2/h20,22,65-66,70-71H,3-19,21,23-64H2,1-2H3,(H,69,72)/b22-20-.